The molecule has 0 fully saturated rings. The molecule has 0 aromatic heterocycles. The molecule has 0 atom stereocenters. The van der Waals surface area contributed by atoms with E-state index < -0.39 is 17.9 Å². The van der Waals surface area contributed by atoms with Gasteiger partial charge >= 0.3 is 17.9 Å². The molecule has 0 aromatic rings. The molecule has 0 heterocycles. The molecular weight excluding hydrogens is 765 g/mol. The molecule has 0 bridgehead atoms. The van der Waals surface area contributed by atoms with E-state index in [0.29, 0.717) is 39.0 Å². The standard InChI is InChI=1S/C52H100N2O7/c1-6-11-15-19-22-28-37-47(38-29-23-20-16-12-7-2)61-50(56)40-31-24-21-26-32-42-54(44-36-41-53-49(55)10-5)43-33-27-25-30-39-48(51(57)59-45-34-17-13-8-3)52(58)60-46-35-18-14-9-4/h47-48H,6-46H2,1-5H3,(H,53,55). The Morgan fingerprint density at radius 2 is 0.836 bits per heavy atom. The van der Waals surface area contributed by atoms with Crippen molar-refractivity contribution in [1.82, 2.24) is 10.2 Å². The van der Waals surface area contributed by atoms with Gasteiger partial charge in [-0.2, -0.15) is 0 Å². The van der Waals surface area contributed by atoms with Crippen molar-refractivity contribution in [3.63, 3.8) is 0 Å². The van der Waals surface area contributed by atoms with Crippen LogP contribution < -0.4 is 5.32 Å². The summed E-state index contributed by atoms with van der Waals surface area (Å²) in [5.74, 6) is -1.60. The number of hydrogen-bond acceptors (Lipinski definition) is 8. The number of esters is 3. The van der Waals surface area contributed by atoms with Gasteiger partial charge in [-0.1, -0.05) is 176 Å². The lowest BCUT2D eigenvalue weighted by Crippen LogP contribution is -2.31. The number of carbonyl (C=O) groups excluding carboxylic acids is 4. The monoisotopic (exact) mass is 865 g/mol. The van der Waals surface area contributed by atoms with Gasteiger partial charge in [-0.3, -0.25) is 19.2 Å². The quantitative estimate of drug-likeness (QED) is 0.0279. The highest BCUT2D eigenvalue weighted by molar-refractivity contribution is 5.94. The van der Waals surface area contributed by atoms with Crippen molar-refractivity contribution in [2.24, 2.45) is 5.92 Å². The third-order valence-corrected chi connectivity index (χ3v) is 12.0. The van der Waals surface area contributed by atoms with E-state index in [1.807, 2.05) is 6.92 Å². The minimum atomic E-state index is -0.834. The normalized spacial score (nSPS) is 11.5. The third-order valence-electron chi connectivity index (χ3n) is 12.0. The van der Waals surface area contributed by atoms with Crippen LogP contribution in [0.2, 0.25) is 0 Å². The van der Waals surface area contributed by atoms with E-state index in [2.05, 4.69) is 37.9 Å². The summed E-state index contributed by atoms with van der Waals surface area (Å²) in [7, 11) is 0. The molecule has 61 heavy (non-hydrogen) atoms. The van der Waals surface area contributed by atoms with Gasteiger partial charge in [-0.05, 0) is 90.3 Å². The number of ether oxygens (including phenoxy) is 3. The van der Waals surface area contributed by atoms with Crippen LogP contribution in [-0.2, 0) is 33.4 Å². The van der Waals surface area contributed by atoms with Crippen LogP contribution >= 0.6 is 0 Å². The van der Waals surface area contributed by atoms with E-state index in [0.717, 1.165) is 161 Å². The third kappa shape index (κ3) is 39.2. The Kier molecular flexibility index (Phi) is 44.2. The van der Waals surface area contributed by atoms with E-state index in [-0.39, 0.29) is 18.0 Å². The first kappa shape index (κ1) is 58.8. The van der Waals surface area contributed by atoms with Gasteiger partial charge in [0, 0.05) is 19.4 Å². The minimum Gasteiger partial charge on any atom is -0.465 e. The second-order valence-electron chi connectivity index (χ2n) is 17.9. The van der Waals surface area contributed by atoms with Crippen LogP contribution in [0.25, 0.3) is 0 Å². The lowest BCUT2D eigenvalue weighted by molar-refractivity contribution is -0.162. The van der Waals surface area contributed by atoms with Gasteiger partial charge in [0.2, 0.25) is 5.91 Å². The summed E-state index contributed by atoms with van der Waals surface area (Å²) < 4.78 is 17.1. The summed E-state index contributed by atoms with van der Waals surface area (Å²) in [4.78, 5) is 53.1. The number of amides is 1. The average molecular weight is 865 g/mol. The highest BCUT2D eigenvalue weighted by Gasteiger charge is 2.29. The van der Waals surface area contributed by atoms with Crippen molar-refractivity contribution in [2.75, 3.05) is 39.4 Å². The fourth-order valence-corrected chi connectivity index (χ4v) is 7.91. The van der Waals surface area contributed by atoms with Crippen molar-refractivity contribution in [2.45, 2.75) is 265 Å². The average Bonchev–Trinajstić information content (AvgIpc) is 3.25. The van der Waals surface area contributed by atoms with Gasteiger partial charge < -0.3 is 24.4 Å². The van der Waals surface area contributed by atoms with E-state index in [9.17, 15) is 19.2 Å². The van der Waals surface area contributed by atoms with Crippen molar-refractivity contribution >= 4 is 23.8 Å². The zero-order chi connectivity index (χ0) is 44.9. The van der Waals surface area contributed by atoms with Crippen LogP contribution in [0.5, 0.6) is 0 Å². The summed E-state index contributed by atoms with van der Waals surface area (Å²) in [6, 6.07) is 0. The van der Waals surface area contributed by atoms with Crippen molar-refractivity contribution < 1.29 is 33.4 Å². The Labute approximate surface area is 377 Å². The molecule has 360 valence electrons. The molecule has 0 aromatic carbocycles. The van der Waals surface area contributed by atoms with Gasteiger partial charge in [0.25, 0.3) is 0 Å². The molecular formula is C52H100N2O7. The van der Waals surface area contributed by atoms with E-state index >= 15 is 0 Å². The molecule has 9 nitrogen and oxygen atoms in total. The van der Waals surface area contributed by atoms with Crippen molar-refractivity contribution in [3.8, 4) is 0 Å². The molecule has 0 unspecified atom stereocenters. The number of carbonyl (C=O) groups is 4. The summed E-state index contributed by atoms with van der Waals surface area (Å²) >= 11 is 0. The predicted octanol–water partition coefficient (Wildman–Crippen LogP) is 13.8. The maximum Gasteiger partial charge on any atom is 0.320 e. The van der Waals surface area contributed by atoms with Gasteiger partial charge in [0.15, 0.2) is 5.92 Å². The summed E-state index contributed by atoms with van der Waals surface area (Å²) in [5, 5.41) is 3.01. The van der Waals surface area contributed by atoms with E-state index in [4.69, 9.17) is 14.2 Å². The lowest BCUT2D eigenvalue weighted by Gasteiger charge is -2.22. The first-order chi connectivity index (χ1) is 29.8. The fraction of sp³-hybridized carbons (Fsp3) is 0.923. The predicted molar refractivity (Wildman–Crippen MR) is 255 cm³/mol. The van der Waals surface area contributed by atoms with Crippen molar-refractivity contribution in [1.29, 1.82) is 0 Å². The Bertz CT molecular complexity index is 966. The largest absolute Gasteiger partial charge is 0.465 e. The fourth-order valence-electron chi connectivity index (χ4n) is 7.91. The molecule has 0 aliphatic carbocycles. The molecule has 9 heteroatoms. The Morgan fingerprint density at radius 3 is 1.31 bits per heavy atom. The highest BCUT2D eigenvalue weighted by Crippen LogP contribution is 2.19. The van der Waals surface area contributed by atoms with Gasteiger partial charge in [-0.25, -0.2) is 0 Å². The van der Waals surface area contributed by atoms with Crippen LogP contribution in [0.15, 0.2) is 0 Å². The topological polar surface area (TPSA) is 111 Å². The van der Waals surface area contributed by atoms with Crippen LogP contribution in [0.1, 0.15) is 259 Å². The minimum absolute atomic E-state index is 0.00528. The number of nitrogens with zero attached hydrogens (tertiary/aromatic N) is 1. The van der Waals surface area contributed by atoms with Gasteiger partial charge in [0.05, 0.1) is 13.2 Å². The molecule has 0 radical (unpaired) electrons. The second kappa shape index (κ2) is 45.9. The number of rotatable bonds is 47. The summed E-state index contributed by atoms with van der Waals surface area (Å²) in [6.45, 7) is 15.1. The number of unbranched alkanes of at least 4 members (excludes halogenated alkanes) is 23. The van der Waals surface area contributed by atoms with Gasteiger partial charge in [0.1, 0.15) is 6.10 Å². The Hall–Kier alpha value is -2.16. The zero-order valence-corrected chi connectivity index (χ0v) is 41.0. The zero-order valence-electron chi connectivity index (χ0n) is 41.0. The highest BCUT2D eigenvalue weighted by atomic mass is 16.6. The molecule has 0 aliphatic heterocycles. The first-order valence-corrected chi connectivity index (χ1v) is 26.3. The molecule has 0 spiro atoms. The smallest absolute Gasteiger partial charge is 0.320 e. The number of hydrogen-bond donors (Lipinski definition) is 1. The molecule has 0 saturated carbocycles. The molecule has 1 amide bonds. The Balaban J connectivity index is 4.76. The SMILES string of the molecule is CCCCCCCCC(CCCCCCCC)OC(=O)CCCCCCCN(CCCCCCC(C(=O)OCCCCCC)C(=O)OCCCCCC)CCCNC(=O)CC. The number of nitrogens with one attached hydrogen (secondary N) is 1. The molecule has 0 saturated heterocycles. The van der Waals surface area contributed by atoms with Crippen LogP contribution in [0, 0.1) is 5.92 Å². The molecule has 1 N–H and O–H groups in total. The first-order valence-electron chi connectivity index (χ1n) is 26.3. The summed E-state index contributed by atoms with van der Waals surface area (Å²) in [5.41, 5.74) is 0. The van der Waals surface area contributed by atoms with Crippen molar-refractivity contribution in [3.05, 3.63) is 0 Å². The van der Waals surface area contributed by atoms with Crippen LogP contribution in [0.4, 0.5) is 0 Å². The Morgan fingerprint density at radius 1 is 0.443 bits per heavy atom. The molecule has 0 aliphatic rings. The van der Waals surface area contributed by atoms with E-state index in [1.54, 1.807) is 0 Å². The van der Waals surface area contributed by atoms with Crippen LogP contribution in [0.3, 0.4) is 0 Å². The maximum absolute atomic E-state index is 12.9. The van der Waals surface area contributed by atoms with E-state index in [1.165, 1.54) is 64.2 Å². The maximum atomic E-state index is 12.9. The van der Waals surface area contributed by atoms with Gasteiger partial charge in [-0.15, -0.1) is 0 Å². The second-order valence-corrected chi connectivity index (χ2v) is 17.9. The summed E-state index contributed by atoms with van der Waals surface area (Å²) in [6.07, 6.45) is 37.1. The van der Waals surface area contributed by atoms with Crippen LogP contribution in [-0.4, -0.2) is 74.2 Å². The molecule has 0 rings (SSSR count). The lowest BCUT2D eigenvalue weighted by atomic mass is 10.0.